The number of aryl methyl sites for hydroxylation is 2. The standard InChI is InChI=1S/C43H35NO/c1-43(2)38-18-10-8-16-33(38)36-26-35(30-21-20-28-12-6-7-13-29(28)24-30)40(27-39(36)43)44(31-14-4-3-5-15-31)32-22-23-42-37(25-32)34-17-9-11-19-41(34)45-42/h3-5,8-11,14-27H,6-7,12-13H2,1-2H3. The van der Waals surface area contributed by atoms with Crippen molar-refractivity contribution in [1.82, 2.24) is 0 Å². The number of anilines is 3. The Morgan fingerprint density at radius 2 is 1.29 bits per heavy atom. The van der Waals surface area contributed by atoms with E-state index in [9.17, 15) is 0 Å². The largest absolute Gasteiger partial charge is 0.456 e. The number of rotatable bonds is 4. The van der Waals surface area contributed by atoms with Gasteiger partial charge < -0.3 is 9.32 Å². The van der Waals surface area contributed by atoms with Gasteiger partial charge in [-0.3, -0.25) is 0 Å². The minimum Gasteiger partial charge on any atom is -0.456 e. The lowest BCUT2D eigenvalue weighted by Crippen LogP contribution is -2.17. The van der Waals surface area contributed by atoms with Crippen LogP contribution in [-0.4, -0.2) is 0 Å². The van der Waals surface area contributed by atoms with Gasteiger partial charge in [-0.05, 0) is 113 Å². The van der Waals surface area contributed by atoms with Crippen LogP contribution < -0.4 is 4.90 Å². The first-order chi connectivity index (χ1) is 22.1. The summed E-state index contributed by atoms with van der Waals surface area (Å²) in [5.41, 5.74) is 16.2. The quantitative estimate of drug-likeness (QED) is 0.206. The van der Waals surface area contributed by atoms with Crippen molar-refractivity contribution >= 4 is 39.0 Å². The van der Waals surface area contributed by atoms with E-state index in [1.54, 1.807) is 0 Å². The Morgan fingerprint density at radius 3 is 2.18 bits per heavy atom. The molecule has 0 amide bonds. The van der Waals surface area contributed by atoms with Gasteiger partial charge in [0.15, 0.2) is 0 Å². The molecular formula is C43H35NO. The van der Waals surface area contributed by atoms with Crippen molar-refractivity contribution in [3.8, 4) is 22.3 Å². The molecular weight excluding hydrogens is 546 g/mol. The third kappa shape index (κ3) is 4.09. The minimum absolute atomic E-state index is 0.109. The molecule has 1 aromatic heterocycles. The van der Waals surface area contributed by atoms with Crippen LogP contribution in [0, 0.1) is 0 Å². The Kier molecular flexibility index (Phi) is 5.83. The Bertz CT molecular complexity index is 2250. The van der Waals surface area contributed by atoms with Gasteiger partial charge in [0, 0.05) is 33.1 Å². The predicted octanol–water partition coefficient (Wildman–Crippen LogP) is 11.9. The fourth-order valence-corrected chi connectivity index (χ4v) is 7.91. The number of nitrogens with zero attached hydrogens (tertiary/aromatic N) is 1. The average molecular weight is 582 g/mol. The molecule has 0 fully saturated rings. The number of hydrogen-bond acceptors (Lipinski definition) is 2. The van der Waals surface area contributed by atoms with Crippen LogP contribution in [-0.2, 0) is 18.3 Å². The Labute approximate surface area is 264 Å². The number of hydrogen-bond donors (Lipinski definition) is 0. The molecule has 2 heteroatoms. The molecule has 0 saturated heterocycles. The topological polar surface area (TPSA) is 16.4 Å². The molecule has 218 valence electrons. The molecule has 0 aliphatic heterocycles. The van der Waals surface area contributed by atoms with Crippen molar-refractivity contribution in [3.05, 3.63) is 150 Å². The molecule has 0 saturated carbocycles. The summed E-state index contributed by atoms with van der Waals surface area (Å²) in [6.07, 6.45) is 4.90. The highest BCUT2D eigenvalue weighted by Crippen LogP contribution is 2.53. The fraction of sp³-hybridized carbons (Fsp3) is 0.163. The first-order valence-corrected chi connectivity index (χ1v) is 16.2. The maximum absolute atomic E-state index is 6.25. The Hall–Kier alpha value is -5.08. The van der Waals surface area contributed by atoms with Gasteiger partial charge in [0.05, 0.1) is 5.69 Å². The van der Waals surface area contributed by atoms with E-state index in [0.717, 1.165) is 39.7 Å². The highest BCUT2D eigenvalue weighted by atomic mass is 16.3. The first kappa shape index (κ1) is 26.3. The van der Waals surface area contributed by atoms with Crippen LogP contribution in [0.3, 0.4) is 0 Å². The number of para-hydroxylation sites is 2. The summed E-state index contributed by atoms with van der Waals surface area (Å²) >= 11 is 0. The van der Waals surface area contributed by atoms with Gasteiger partial charge in [0.1, 0.15) is 11.2 Å². The van der Waals surface area contributed by atoms with E-state index >= 15 is 0 Å². The normalized spacial score (nSPS) is 14.7. The molecule has 6 aromatic carbocycles. The maximum atomic E-state index is 6.25. The van der Waals surface area contributed by atoms with Gasteiger partial charge in [0.2, 0.25) is 0 Å². The molecule has 0 radical (unpaired) electrons. The van der Waals surface area contributed by atoms with Crippen LogP contribution in [0.5, 0.6) is 0 Å². The molecule has 9 rings (SSSR count). The average Bonchev–Trinajstić information content (AvgIpc) is 3.56. The van der Waals surface area contributed by atoms with Crippen LogP contribution in [0.25, 0.3) is 44.2 Å². The summed E-state index contributed by atoms with van der Waals surface area (Å²) in [7, 11) is 0. The molecule has 7 aromatic rings. The summed E-state index contributed by atoms with van der Waals surface area (Å²) < 4.78 is 6.25. The monoisotopic (exact) mass is 581 g/mol. The summed E-state index contributed by atoms with van der Waals surface area (Å²) in [4.78, 5) is 2.45. The molecule has 0 spiro atoms. The lowest BCUT2D eigenvalue weighted by atomic mass is 9.81. The van der Waals surface area contributed by atoms with Crippen LogP contribution in [0.1, 0.15) is 48.9 Å². The SMILES string of the molecule is CC1(C)c2ccccc2-c2cc(-c3ccc4c(c3)CCCC4)c(N(c3ccccc3)c3ccc4oc5ccccc5c4c3)cc21. The second-order valence-electron chi connectivity index (χ2n) is 13.2. The van der Waals surface area contributed by atoms with Crippen molar-refractivity contribution in [1.29, 1.82) is 0 Å². The van der Waals surface area contributed by atoms with E-state index in [0.29, 0.717) is 0 Å². The zero-order chi connectivity index (χ0) is 30.1. The molecule has 2 nitrogen and oxygen atoms in total. The van der Waals surface area contributed by atoms with E-state index in [1.807, 2.05) is 6.07 Å². The second-order valence-corrected chi connectivity index (χ2v) is 13.2. The zero-order valence-corrected chi connectivity index (χ0v) is 25.8. The van der Waals surface area contributed by atoms with Crippen molar-refractivity contribution in [3.63, 3.8) is 0 Å². The van der Waals surface area contributed by atoms with E-state index in [4.69, 9.17) is 4.42 Å². The van der Waals surface area contributed by atoms with Crippen molar-refractivity contribution in [2.24, 2.45) is 0 Å². The highest BCUT2D eigenvalue weighted by Gasteiger charge is 2.37. The summed E-state index contributed by atoms with van der Waals surface area (Å²) in [5, 5.41) is 2.27. The molecule has 0 bridgehead atoms. The second kappa shape index (κ2) is 9.97. The Balaban J connectivity index is 1.34. The third-order valence-electron chi connectivity index (χ3n) is 10.2. The molecule has 45 heavy (non-hydrogen) atoms. The minimum atomic E-state index is -0.109. The van der Waals surface area contributed by atoms with Crippen LogP contribution in [0.2, 0.25) is 0 Å². The van der Waals surface area contributed by atoms with Gasteiger partial charge in [-0.2, -0.15) is 0 Å². The zero-order valence-electron chi connectivity index (χ0n) is 25.8. The fourth-order valence-electron chi connectivity index (χ4n) is 7.91. The number of fused-ring (bicyclic) bond motifs is 7. The van der Waals surface area contributed by atoms with Gasteiger partial charge >= 0.3 is 0 Å². The van der Waals surface area contributed by atoms with Crippen molar-refractivity contribution in [2.45, 2.75) is 44.9 Å². The molecule has 0 unspecified atom stereocenters. The van der Waals surface area contributed by atoms with E-state index in [2.05, 4.69) is 140 Å². The van der Waals surface area contributed by atoms with Crippen LogP contribution >= 0.6 is 0 Å². The molecule has 2 aliphatic rings. The smallest absolute Gasteiger partial charge is 0.135 e. The summed E-state index contributed by atoms with van der Waals surface area (Å²) in [6.45, 7) is 4.74. The Morgan fingerprint density at radius 1 is 0.533 bits per heavy atom. The van der Waals surface area contributed by atoms with Gasteiger partial charge in [0.25, 0.3) is 0 Å². The van der Waals surface area contributed by atoms with Crippen LogP contribution in [0.15, 0.2) is 132 Å². The summed E-state index contributed by atoms with van der Waals surface area (Å²) in [6, 6.07) is 46.9. The van der Waals surface area contributed by atoms with Gasteiger partial charge in [-0.15, -0.1) is 0 Å². The maximum Gasteiger partial charge on any atom is 0.135 e. The first-order valence-electron chi connectivity index (χ1n) is 16.2. The van der Waals surface area contributed by atoms with E-state index in [1.165, 1.54) is 69.5 Å². The van der Waals surface area contributed by atoms with E-state index in [-0.39, 0.29) is 5.41 Å². The number of benzene rings is 6. The van der Waals surface area contributed by atoms with Gasteiger partial charge in [-0.1, -0.05) is 92.7 Å². The molecule has 1 heterocycles. The predicted molar refractivity (Wildman–Crippen MR) is 188 cm³/mol. The molecule has 0 N–H and O–H groups in total. The molecule has 2 aliphatic carbocycles. The summed E-state index contributed by atoms with van der Waals surface area (Å²) in [5.74, 6) is 0. The number of furan rings is 1. The molecule has 0 atom stereocenters. The van der Waals surface area contributed by atoms with Crippen LogP contribution in [0.4, 0.5) is 17.1 Å². The third-order valence-corrected chi connectivity index (χ3v) is 10.2. The van der Waals surface area contributed by atoms with Crippen molar-refractivity contribution < 1.29 is 4.42 Å². The van der Waals surface area contributed by atoms with Crippen molar-refractivity contribution in [2.75, 3.05) is 4.90 Å². The lowest BCUT2D eigenvalue weighted by molar-refractivity contribution is 0.660. The lowest BCUT2D eigenvalue weighted by Gasteiger charge is -2.31. The van der Waals surface area contributed by atoms with Gasteiger partial charge in [-0.25, -0.2) is 0 Å². The highest BCUT2D eigenvalue weighted by molar-refractivity contribution is 6.07. The van der Waals surface area contributed by atoms with E-state index < -0.39 is 0 Å².